The smallest absolute Gasteiger partial charge is 0.303 e. The maximum atomic E-state index is 13.1. The zero-order valence-electron chi connectivity index (χ0n) is 20.3. The van der Waals surface area contributed by atoms with Crippen molar-refractivity contribution in [1.82, 2.24) is 18.3 Å². The summed E-state index contributed by atoms with van der Waals surface area (Å²) in [7, 11) is -3.88. The molecule has 0 unspecified atom stereocenters. The fraction of sp³-hybridized carbons (Fsp3) is 0.440. The zero-order chi connectivity index (χ0) is 27.2. The molecule has 2 aromatic carbocycles. The Balaban J connectivity index is 1.17. The van der Waals surface area contributed by atoms with Crippen LogP contribution in [0.2, 0.25) is 5.02 Å². The van der Waals surface area contributed by atoms with E-state index in [1.54, 1.807) is 18.2 Å². The van der Waals surface area contributed by atoms with Gasteiger partial charge in [-0.2, -0.15) is 13.2 Å². The normalized spacial score (nSPS) is 18.4. The number of carbonyl (C=O) groups excluding carboxylic acids is 1. The number of alkyl halides is 3. The first kappa shape index (κ1) is 26.8. The molecule has 204 valence electrons. The lowest BCUT2D eigenvalue weighted by molar-refractivity contribution is -0.140. The molecule has 0 bridgehead atoms. The van der Waals surface area contributed by atoms with Gasteiger partial charge in [0.05, 0.1) is 16.6 Å². The number of benzene rings is 2. The summed E-state index contributed by atoms with van der Waals surface area (Å²) in [4.78, 5) is 27.8. The van der Waals surface area contributed by atoms with Crippen molar-refractivity contribution in [2.24, 2.45) is 0 Å². The molecule has 0 N–H and O–H groups in total. The number of nitrogens with zero attached hydrogens (tertiary/aromatic N) is 4. The first-order valence-corrected chi connectivity index (χ1v) is 14.1. The Morgan fingerprint density at radius 1 is 0.947 bits per heavy atom. The van der Waals surface area contributed by atoms with E-state index in [4.69, 9.17) is 11.6 Å². The standard InChI is InChI=1S/C25H26ClF3N4O4S/c26-17-7-8-22-19(15-17)23(34)32(38(22,36)37)12-4-3-11-30-13-9-18(10-14-30)33-21-6-2-1-5-20(21)31(24(33)35)16-25(27,28)29/h1-2,5-8,15,18H,3-4,9-14,16H2. The van der Waals surface area contributed by atoms with E-state index in [2.05, 4.69) is 4.90 Å². The van der Waals surface area contributed by atoms with E-state index >= 15 is 0 Å². The number of hydrogen-bond acceptors (Lipinski definition) is 5. The van der Waals surface area contributed by atoms with Crippen LogP contribution in [0.3, 0.4) is 0 Å². The Kier molecular flexibility index (Phi) is 7.08. The molecule has 2 aliphatic heterocycles. The molecular formula is C25H26ClF3N4O4S. The van der Waals surface area contributed by atoms with E-state index in [1.807, 2.05) is 0 Å². The molecule has 0 saturated carbocycles. The molecule has 0 atom stereocenters. The molecule has 3 aromatic rings. The minimum Gasteiger partial charge on any atom is -0.303 e. The summed E-state index contributed by atoms with van der Waals surface area (Å²) in [6.45, 7) is 0.726. The van der Waals surface area contributed by atoms with Crippen LogP contribution in [0.4, 0.5) is 13.2 Å². The molecule has 1 saturated heterocycles. The number of para-hydroxylation sites is 2. The molecular weight excluding hydrogens is 545 g/mol. The highest BCUT2D eigenvalue weighted by Gasteiger charge is 2.40. The van der Waals surface area contributed by atoms with Crippen LogP contribution in [0.15, 0.2) is 52.2 Å². The molecule has 0 radical (unpaired) electrons. The van der Waals surface area contributed by atoms with Gasteiger partial charge in [0, 0.05) is 30.7 Å². The van der Waals surface area contributed by atoms with Crippen LogP contribution in [-0.4, -0.2) is 65.0 Å². The van der Waals surface area contributed by atoms with Gasteiger partial charge in [0.15, 0.2) is 0 Å². The molecule has 0 aliphatic carbocycles. The van der Waals surface area contributed by atoms with Gasteiger partial charge >= 0.3 is 11.9 Å². The van der Waals surface area contributed by atoms with Crippen LogP contribution in [0.1, 0.15) is 42.1 Å². The van der Waals surface area contributed by atoms with Gasteiger partial charge in [0.1, 0.15) is 11.4 Å². The summed E-state index contributed by atoms with van der Waals surface area (Å²) in [5.41, 5.74) is 0.208. The van der Waals surface area contributed by atoms with Gasteiger partial charge in [-0.05, 0) is 62.6 Å². The largest absolute Gasteiger partial charge is 0.406 e. The summed E-state index contributed by atoms with van der Waals surface area (Å²) < 4.78 is 68.0. The van der Waals surface area contributed by atoms with Crippen molar-refractivity contribution in [3.63, 3.8) is 0 Å². The molecule has 1 amide bonds. The van der Waals surface area contributed by atoms with Crippen molar-refractivity contribution >= 4 is 38.6 Å². The second kappa shape index (κ2) is 10.0. The van der Waals surface area contributed by atoms with Gasteiger partial charge in [-0.25, -0.2) is 17.5 Å². The second-order valence-electron chi connectivity index (χ2n) is 9.65. The Hall–Kier alpha value is -2.83. The van der Waals surface area contributed by atoms with Crippen molar-refractivity contribution in [3.8, 4) is 0 Å². The van der Waals surface area contributed by atoms with Crippen LogP contribution < -0.4 is 5.69 Å². The van der Waals surface area contributed by atoms with Crippen LogP contribution in [-0.2, 0) is 16.6 Å². The van der Waals surface area contributed by atoms with Crippen molar-refractivity contribution in [1.29, 1.82) is 0 Å². The summed E-state index contributed by atoms with van der Waals surface area (Å²) >= 11 is 5.92. The lowest BCUT2D eigenvalue weighted by Crippen LogP contribution is -2.39. The minimum atomic E-state index is -4.50. The predicted octanol–water partition coefficient (Wildman–Crippen LogP) is 4.28. The fourth-order valence-corrected chi connectivity index (χ4v) is 7.15. The molecule has 13 heteroatoms. The highest BCUT2D eigenvalue weighted by Crippen LogP contribution is 2.32. The van der Waals surface area contributed by atoms with Crippen LogP contribution in [0.5, 0.6) is 0 Å². The lowest BCUT2D eigenvalue weighted by Gasteiger charge is -2.32. The van der Waals surface area contributed by atoms with Crippen molar-refractivity contribution in [3.05, 3.63) is 63.5 Å². The molecule has 1 aromatic heterocycles. The number of piperidine rings is 1. The van der Waals surface area contributed by atoms with E-state index in [0.717, 1.165) is 8.87 Å². The van der Waals surface area contributed by atoms with Crippen molar-refractivity contribution in [2.45, 2.75) is 49.3 Å². The van der Waals surface area contributed by atoms with Gasteiger partial charge in [-0.15, -0.1) is 0 Å². The number of carbonyl (C=O) groups is 1. The zero-order valence-corrected chi connectivity index (χ0v) is 21.9. The van der Waals surface area contributed by atoms with Crippen molar-refractivity contribution in [2.75, 3.05) is 26.2 Å². The topological polar surface area (TPSA) is 84.6 Å². The first-order chi connectivity index (χ1) is 18.0. The van der Waals surface area contributed by atoms with E-state index in [1.165, 1.54) is 28.8 Å². The Morgan fingerprint density at radius 2 is 1.61 bits per heavy atom. The minimum absolute atomic E-state index is 0.0270. The average molecular weight is 571 g/mol. The summed E-state index contributed by atoms with van der Waals surface area (Å²) in [5.74, 6) is -0.571. The second-order valence-corrected chi connectivity index (χ2v) is 11.9. The van der Waals surface area contributed by atoms with E-state index in [-0.39, 0.29) is 28.6 Å². The number of halogens is 4. The summed E-state index contributed by atoms with van der Waals surface area (Å²) in [5, 5.41) is 0.296. The molecule has 5 rings (SSSR count). The average Bonchev–Trinajstić information content (AvgIpc) is 3.23. The molecule has 8 nitrogen and oxygen atoms in total. The van der Waals surface area contributed by atoms with E-state index in [0.29, 0.717) is 55.9 Å². The van der Waals surface area contributed by atoms with Gasteiger partial charge in [-0.3, -0.25) is 13.9 Å². The van der Waals surface area contributed by atoms with Crippen LogP contribution in [0.25, 0.3) is 11.0 Å². The lowest BCUT2D eigenvalue weighted by atomic mass is 10.0. The molecule has 0 spiro atoms. The predicted molar refractivity (Wildman–Crippen MR) is 136 cm³/mol. The number of fused-ring (bicyclic) bond motifs is 2. The Bertz CT molecular complexity index is 1540. The third-order valence-corrected chi connectivity index (χ3v) is 9.26. The monoisotopic (exact) mass is 570 g/mol. The Labute approximate surface area is 222 Å². The number of likely N-dealkylation sites (tertiary alicyclic amines) is 1. The highest BCUT2D eigenvalue weighted by atomic mass is 35.5. The van der Waals surface area contributed by atoms with Gasteiger partial charge in [0.25, 0.3) is 15.9 Å². The van der Waals surface area contributed by atoms with Gasteiger partial charge in [-0.1, -0.05) is 23.7 Å². The number of amides is 1. The maximum absolute atomic E-state index is 13.1. The Morgan fingerprint density at radius 3 is 2.29 bits per heavy atom. The number of unbranched alkanes of at least 4 members (excludes halogenated alkanes) is 1. The van der Waals surface area contributed by atoms with Crippen molar-refractivity contribution < 1.29 is 26.4 Å². The SMILES string of the molecule is O=C1c2cc(Cl)ccc2S(=O)(=O)N1CCCCN1CCC(n2c(=O)n(CC(F)(F)F)c3ccccc32)CC1. The quantitative estimate of drug-likeness (QED) is 0.396. The molecule has 3 heterocycles. The number of rotatable bonds is 7. The fourth-order valence-electron chi connectivity index (χ4n) is 5.39. The first-order valence-electron chi connectivity index (χ1n) is 12.3. The third kappa shape index (κ3) is 4.96. The number of hydrogen-bond donors (Lipinski definition) is 0. The third-order valence-electron chi connectivity index (χ3n) is 7.18. The summed E-state index contributed by atoms with van der Waals surface area (Å²) in [6, 6.07) is 10.5. The number of imidazole rings is 1. The molecule has 2 aliphatic rings. The summed E-state index contributed by atoms with van der Waals surface area (Å²) in [6.07, 6.45) is -2.15. The van der Waals surface area contributed by atoms with Crippen LogP contribution in [0, 0.1) is 0 Å². The highest BCUT2D eigenvalue weighted by molar-refractivity contribution is 7.90. The molecule has 38 heavy (non-hydrogen) atoms. The number of aromatic nitrogens is 2. The van der Waals surface area contributed by atoms with Gasteiger partial charge in [0.2, 0.25) is 0 Å². The van der Waals surface area contributed by atoms with Gasteiger partial charge < -0.3 is 4.90 Å². The van der Waals surface area contributed by atoms with E-state index < -0.39 is 34.3 Å². The number of sulfonamides is 1. The maximum Gasteiger partial charge on any atom is 0.406 e. The molecule has 1 fully saturated rings. The van der Waals surface area contributed by atoms with E-state index in [9.17, 15) is 31.2 Å². The van der Waals surface area contributed by atoms with Crippen LogP contribution >= 0.6 is 11.6 Å².